The molecule has 0 bridgehead atoms. The Labute approximate surface area is 134 Å². The molecule has 0 unspecified atom stereocenters. The topological polar surface area (TPSA) is 24.1 Å². The van der Waals surface area contributed by atoms with Gasteiger partial charge in [0.05, 0.1) is 5.56 Å². The molecular formula is C18H21F3N2. The average Bonchev–Trinajstić information content (AvgIpc) is 2.49. The maximum absolute atomic E-state index is 12.6. The van der Waals surface area contributed by atoms with Crippen LogP contribution in [0.4, 0.5) is 24.5 Å². The molecule has 2 aromatic carbocycles. The Morgan fingerprint density at radius 3 is 2.13 bits per heavy atom. The second-order valence-corrected chi connectivity index (χ2v) is 5.55. The van der Waals surface area contributed by atoms with E-state index in [2.05, 4.69) is 36.6 Å². The summed E-state index contributed by atoms with van der Waals surface area (Å²) in [5, 5.41) is 6.42. The number of para-hydroxylation sites is 1. The van der Waals surface area contributed by atoms with Gasteiger partial charge in [0, 0.05) is 24.5 Å². The third-order valence-corrected chi connectivity index (χ3v) is 3.66. The van der Waals surface area contributed by atoms with Gasteiger partial charge in [0.1, 0.15) is 0 Å². The molecular weight excluding hydrogens is 301 g/mol. The smallest absolute Gasteiger partial charge is 0.385 e. The summed E-state index contributed by atoms with van der Waals surface area (Å²) in [6.07, 6.45) is -3.49. The number of hydrogen-bond acceptors (Lipinski definition) is 2. The van der Waals surface area contributed by atoms with Gasteiger partial charge in [-0.1, -0.05) is 24.3 Å². The number of halogens is 3. The lowest BCUT2D eigenvalue weighted by Gasteiger charge is -2.13. The van der Waals surface area contributed by atoms with Crippen LogP contribution >= 0.6 is 0 Å². The van der Waals surface area contributed by atoms with Gasteiger partial charge >= 0.3 is 6.18 Å². The van der Waals surface area contributed by atoms with E-state index < -0.39 is 11.7 Å². The summed E-state index contributed by atoms with van der Waals surface area (Å²) in [6.45, 7) is 5.48. The van der Waals surface area contributed by atoms with Gasteiger partial charge in [0.2, 0.25) is 0 Å². The van der Waals surface area contributed by atoms with Crippen molar-refractivity contribution in [1.29, 1.82) is 0 Å². The van der Waals surface area contributed by atoms with Crippen molar-refractivity contribution < 1.29 is 13.2 Å². The van der Waals surface area contributed by atoms with Crippen LogP contribution in [-0.2, 0) is 6.18 Å². The Bertz CT molecular complexity index is 631. The van der Waals surface area contributed by atoms with Crippen LogP contribution in [0, 0.1) is 13.8 Å². The van der Waals surface area contributed by atoms with Gasteiger partial charge in [0.15, 0.2) is 0 Å². The number of hydrogen-bond donors (Lipinski definition) is 2. The minimum absolute atomic E-state index is 0.492. The Hall–Kier alpha value is -2.17. The SMILES string of the molecule is Cc1cccc(C)c1NCCCNc1cccc(C(F)(F)F)c1. The number of alkyl halides is 3. The van der Waals surface area contributed by atoms with E-state index in [9.17, 15) is 13.2 Å². The molecule has 5 heteroatoms. The molecule has 0 aliphatic carbocycles. The second-order valence-electron chi connectivity index (χ2n) is 5.55. The molecule has 0 radical (unpaired) electrons. The Kier molecular flexibility index (Phi) is 5.53. The van der Waals surface area contributed by atoms with Gasteiger partial charge in [-0.2, -0.15) is 13.2 Å². The largest absolute Gasteiger partial charge is 0.416 e. The normalized spacial score (nSPS) is 11.3. The summed E-state index contributed by atoms with van der Waals surface area (Å²) in [5.74, 6) is 0. The fourth-order valence-electron chi connectivity index (χ4n) is 2.43. The summed E-state index contributed by atoms with van der Waals surface area (Å²) < 4.78 is 37.9. The summed E-state index contributed by atoms with van der Waals surface area (Å²) in [4.78, 5) is 0. The zero-order valence-corrected chi connectivity index (χ0v) is 13.3. The fraction of sp³-hybridized carbons (Fsp3) is 0.333. The van der Waals surface area contributed by atoms with E-state index in [4.69, 9.17) is 0 Å². The number of rotatable bonds is 6. The molecule has 124 valence electrons. The summed E-state index contributed by atoms with van der Waals surface area (Å²) in [7, 11) is 0. The van der Waals surface area contributed by atoms with E-state index in [-0.39, 0.29) is 0 Å². The number of nitrogens with one attached hydrogen (secondary N) is 2. The van der Waals surface area contributed by atoms with Crippen LogP contribution in [0.3, 0.4) is 0 Å². The number of anilines is 2. The van der Waals surface area contributed by atoms with Crippen molar-refractivity contribution in [2.24, 2.45) is 0 Å². The van der Waals surface area contributed by atoms with E-state index in [0.29, 0.717) is 12.2 Å². The minimum Gasteiger partial charge on any atom is -0.385 e. The van der Waals surface area contributed by atoms with Crippen LogP contribution in [0.5, 0.6) is 0 Å². The van der Waals surface area contributed by atoms with Gasteiger partial charge < -0.3 is 10.6 Å². The highest BCUT2D eigenvalue weighted by Crippen LogP contribution is 2.30. The first-order valence-electron chi connectivity index (χ1n) is 7.59. The maximum Gasteiger partial charge on any atom is 0.416 e. The average molecular weight is 322 g/mol. The van der Waals surface area contributed by atoms with Crippen molar-refractivity contribution >= 4 is 11.4 Å². The molecule has 0 amide bonds. The van der Waals surface area contributed by atoms with Crippen LogP contribution in [0.15, 0.2) is 42.5 Å². The zero-order valence-electron chi connectivity index (χ0n) is 13.3. The molecule has 0 aliphatic rings. The highest BCUT2D eigenvalue weighted by atomic mass is 19.4. The molecule has 2 nitrogen and oxygen atoms in total. The highest BCUT2D eigenvalue weighted by molar-refractivity contribution is 5.56. The van der Waals surface area contributed by atoms with Crippen molar-refractivity contribution in [2.75, 3.05) is 23.7 Å². The Morgan fingerprint density at radius 2 is 1.48 bits per heavy atom. The first-order valence-corrected chi connectivity index (χ1v) is 7.59. The van der Waals surface area contributed by atoms with Gasteiger partial charge in [-0.15, -0.1) is 0 Å². The summed E-state index contributed by atoms with van der Waals surface area (Å²) in [5.41, 5.74) is 3.38. The van der Waals surface area contributed by atoms with Gasteiger partial charge in [-0.25, -0.2) is 0 Å². The predicted octanol–water partition coefficient (Wildman–Crippen LogP) is 5.24. The van der Waals surface area contributed by atoms with Gasteiger partial charge in [-0.05, 0) is 49.6 Å². The van der Waals surface area contributed by atoms with E-state index in [1.807, 2.05) is 6.07 Å². The molecule has 23 heavy (non-hydrogen) atoms. The van der Waals surface area contributed by atoms with Crippen LogP contribution in [0.2, 0.25) is 0 Å². The maximum atomic E-state index is 12.6. The van der Waals surface area contributed by atoms with Crippen molar-refractivity contribution in [1.82, 2.24) is 0 Å². The standard InChI is InChI=1S/C18H21F3N2/c1-13-6-3-7-14(2)17(13)23-11-5-10-22-16-9-4-8-15(12-16)18(19,20)21/h3-4,6-9,12,22-23H,5,10-11H2,1-2H3. The highest BCUT2D eigenvalue weighted by Gasteiger charge is 2.30. The van der Waals surface area contributed by atoms with E-state index >= 15 is 0 Å². The molecule has 0 heterocycles. The first-order chi connectivity index (χ1) is 10.9. The zero-order chi connectivity index (χ0) is 16.9. The quantitative estimate of drug-likeness (QED) is 0.711. The summed E-state index contributed by atoms with van der Waals surface area (Å²) in [6, 6.07) is 11.4. The van der Waals surface area contributed by atoms with E-state index in [1.54, 1.807) is 6.07 Å². The van der Waals surface area contributed by atoms with Crippen molar-refractivity contribution in [3.63, 3.8) is 0 Å². The van der Waals surface area contributed by atoms with Crippen LogP contribution in [0.25, 0.3) is 0 Å². The van der Waals surface area contributed by atoms with Crippen molar-refractivity contribution in [3.05, 3.63) is 59.2 Å². The van der Waals surface area contributed by atoms with Crippen LogP contribution < -0.4 is 10.6 Å². The fourth-order valence-corrected chi connectivity index (χ4v) is 2.43. The molecule has 2 rings (SSSR count). The summed E-state index contributed by atoms with van der Waals surface area (Å²) >= 11 is 0. The lowest BCUT2D eigenvalue weighted by atomic mass is 10.1. The third kappa shape index (κ3) is 4.91. The lowest BCUT2D eigenvalue weighted by molar-refractivity contribution is -0.137. The van der Waals surface area contributed by atoms with E-state index in [1.165, 1.54) is 17.2 Å². The number of benzene rings is 2. The third-order valence-electron chi connectivity index (χ3n) is 3.66. The van der Waals surface area contributed by atoms with Crippen molar-refractivity contribution in [3.8, 4) is 0 Å². The lowest BCUT2D eigenvalue weighted by Crippen LogP contribution is -2.11. The molecule has 0 spiro atoms. The van der Waals surface area contributed by atoms with Crippen LogP contribution in [-0.4, -0.2) is 13.1 Å². The molecule has 0 saturated heterocycles. The minimum atomic E-state index is -4.30. The molecule has 0 saturated carbocycles. The van der Waals surface area contributed by atoms with Gasteiger partial charge in [-0.3, -0.25) is 0 Å². The Morgan fingerprint density at radius 1 is 0.870 bits per heavy atom. The monoisotopic (exact) mass is 322 g/mol. The molecule has 0 atom stereocenters. The van der Waals surface area contributed by atoms with Crippen molar-refractivity contribution in [2.45, 2.75) is 26.4 Å². The first kappa shape index (κ1) is 17.2. The van der Waals surface area contributed by atoms with E-state index in [0.717, 1.165) is 30.8 Å². The molecule has 0 aromatic heterocycles. The predicted molar refractivity (Wildman–Crippen MR) is 89.0 cm³/mol. The number of aryl methyl sites for hydroxylation is 2. The molecule has 2 N–H and O–H groups in total. The second kappa shape index (κ2) is 7.40. The van der Waals surface area contributed by atoms with Gasteiger partial charge in [0.25, 0.3) is 0 Å². The molecule has 2 aromatic rings. The van der Waals surface area contributed by atoms with Crippen LogP contribution in [0.1, 0.15) is 23.1 Å². The Balaban J connectivity index is 1.80. The molecule has 0 aliphatic heterocycles. The molecule has 0 fully saturated rings.